The van der Waals surface area contributed by atoms with Gasteiger partial charge in [-0.2, -0.15) is 0 Å². The van der Waals surface area contributed by atoms with Gasteiger partial charge in [0.05, 0.1) is 0 Å². The molecule has 1 aromatic rings. The molecule has 0 amide bonds. The van der Waals surface area contributed by atoms with Crippen molar-refractivity contribution in [1.29, 1.82) is 0 Å². The highest BCUT2D eigenvalue weighted by atomic mass is 32.2. The molecule has 3 heteroatoms. The van der Waals surface area contributed by atoms with E-state index in [0.717, 1.165) is 18.8 Å². The maximum Gasteiger partial charge on any atom is 0.0472 e. The zero-order valence-electron chi connectivity index (χ0n) is 11.0. The topological polar surface area (TPSA) is 6.48 Å². The minimum atomic E-state index is 0.550. The van der Waals surface area contributed by atoms with Gasteiger partial charge in [-0.05, 0) is 37.5 Å². The first-order chi connectivity index (χ1) is 8.20. The van der Waals surface area contributed by atoms with Crippen molar-refractivity contribution in [2.24, 2.45) is 0 Å². The lowest BCUT2D eigenvalue weighted by atomic mass is 10.0. The third-order valence-corrected chi connectivity index (χ3v) is 4.32. The van der Waals surface area contributed by atoms with E-state index in [1.807, 2.05) is 11.8 Å². The van der Waals surface area contributed by atoms with E-state index in [9.17, 15) is 0 Å². The molecule has 1 aromatic carbocycles. The summed E-state index contributed by atoms with van der Waals surface area (Å²) in [5, 5.41) is 0. The molecular formula is C14H22N2S. The summed E-state index contributed by atoms with van der Waals surface area (Å²) in [6.45, 7) is 5.67. The average molecular weight is 250 g/mol. The SMILES string of the molecule is CCSc1ccc(C2CN(C)CCN2C)cc1. The first-order valence-electron chi connectivity index (χ1n) is 6.32. The molecule has 0 radical (unpaired) electrons. The molecule has 1 aliphatic heterocycles. The molecule has 0 N–H and O–H groups in total. The van der Waals surface area contributed by atoms with E-state index in [4.69, 9.17) is 0 Å². The van der Waals surface area contributed by atoms with Crippen molar-refractivity contribution >= 4 is 11.8 Å². The number of hydrogen-bond acceptors (Lipinski definition) is 3. The van der Waals surface area contributed by atoms with Crippen molar-refractivity contribution in [1.82, 2.24) is 9.80 Å². The van der Waals surface area contributed by atoms with Gasteiger partial charge in [-0.3, -0.25) is 4.90 Å². The van der Waals surface area contributed by atoms with Crippen LogP contribution in [-0.4, -0.2) is 49.3 Å². The Hall–Kier alpha value is -0.510. The van der Waals surface area contributed by atoms with Crippen LogP contribution in [-0.2, 0) is 0 Å². The highest BCUT2D eigenvalue weighted by Gasteiger charge is 2.23. The van der Waals surface area contributed by atoms with E-state index in [2.05, 4.69) is 55.1 Å². The lowest BCUT2D eigenvalue weighted by Gasteiger charge is -2.38. The first-order valence-corrected chi connectivity index (χ1v) is 7.31. The highest BCUT2D eigenvalue weighted by Crippen LogP contribution is 2.26. The Kier molecular flexibility index (Phi) is 4.48. The predicted molar refractivity (Wildman–Crippen MR) is 75.7 cm³/mol. The molecule has 1 unspecified atom stereocenters. The Morgan fingerprint density at radius 3 is 2.53 bits per heavy atom. The highest BCUT2D eigenvalue weighted by molar-refractivity contribution is 7.99. The Balaban J connectivity index is 2.10. The maximum absolute atomic E-state index is 2.46. The molecule has 0 spiro atoms. The molecule has 0 aromatic heterocycles. The van der Waals surface area contributed by atoms with Crippen molar-refractivity contribution < 1.29 is 0 Å². The second-order valence-electron chi connectivity index (χ2n) is 4.76. The normalized spacial score (nSPS) is 22.9. The number of likely N-dealkylation sites (N-methyl/N-ethyl adjacent to an activating group) is 2. The van der Waals surface area contributed by atoms with Gasteiger partial charge < -0.3 is 4.90 Å². The van der Waals surface area contributed by atoms with Gasteiger partial charge in [0.2, 0.25) is 0 Å². The summed E-state index contributed by atoms with van der Waals surface area (Å²) in [6.07, 6.45) is 0. The van der Waals surface area contributed by atoms with Crippen molar-refractivity contribution in [3.63, 3.8) is 0 Å². The lowest BCUT2D eigenvalue weighted by molar-refractivity contribution is 0.115. The molecule has 1 atom stereocenters. The summed E-state index contributed by atoms with van der Waals surface area (Å²) in [4.78, 5) is 6.25. The number of benzene rings is 1. The van der Waals surface area contributed by atoms with E-state index in [1.165, 1.54) is 17.0 Å². The van der Waals surface area contributed by atoms with Crippen LogP contribution in [0.2, 0.25) is 0 Å². The molecule has 1 heterocycles. The summed E-state index contributed by atoms with van der Waals surface area (Å²) >= 11 is 1.91. The molecule has 0 bridgehead atoms. The second-order valence-corrected chi connectivity index (χ2v) is 6.10. The van der Waals surface area contributed by atoms with Gasteiger partial charge in [0.15, 0.2) is 0 Å². The predicted octanol–water partition coefficient (Wildman–Crippen LogP) is 2.72. The van der Waals surface area contributed by atoms with Gasteiger partial charge in [-0.25, -0.2) is 0 Å². The third kappa shape index (κ3) is 3.24. The van der Waals surface area contributed by atoms with Crippen LogP contribution in [0, 0.1) is 0 Å². The third-order valence-electron chi connectivity index (χ3n) is 3.43. The summed E-state index contributed by atoms with van der Waals surface area (Å²) < 4.78 is 0. The minimum Gasteiger partial charge on any atom is -0.303 e. The summed E-state index contributed by atoms with van der Waals surface area (Å²) in [7, 11) is 4.44. The van der Waals surface area contributed by atoms with Crippen LogP contribution < -0.4 is 0 Å². The molecule has 2 nitrogen and oxygen atoms in total. The smallest absolute Gasteiger partial charge is 0.0472 e. The van der Waals surface area contributed by atoms with E-state index >= 15 is 0 Å². The Labute approximate surface area is 109 Å². The van der Waals surface area contributed by atoms with Gasteiger partial charge in [0, 0.05) is 30.6 Å². The van der Waals surface area contributed by atoms with E-state index in [0.29, 0.717) is 6.04 Å². The minimum absolute atomic E-state index is 0.550. The Morgan fingerprint density at radius 2 is 1.88 bits per heavy atom. The summed E-state index contributed by atoms with van der Waals surface area (Å²) in [5.74, 6) is 1.14. The van der Waals surface area contributed by atoms with Crippen LogP contribution in [0.5, 0.6) is 0 Å². The number of rotatable bonds is 3. The molecule has 1 aliphatic rings. The average Bonchev–Trinajstić information content (AvgIpc) is 2.34. The second kappa shape index (κ2) is 5.89. The summed E-state index contributed by atoms with van der Waals surface area (Å²) in [5.41, 5.74) is 1.44. The molecule has 0 saturated carbocycles. The molecule has 2 rings (SSSR count). The number of hydrogen-bond donors (Lipinski definition) is 0. The van der Waals surface area contributed by atoms with Crippen LogP contribution >= 0.6 is 11.8 Å². The number of thioether (sulfide) groups is 1. The van der Waals surface area contributed by atoms with E-state index in [-0.39, 0.29) is 0 Å². The largest absolute Gasteiger partial charge is 0.303 e. The quantitative estimate of drug-likeness (QED) is 0.762. The van der Waals surface area contributed by atoms with Gasteiger partial charge >= 0.3 is 0 Å². The van der Waals surface area contributed by atoms with E-state index in [1.54, 1.807) is 0 Å². The first kappa shape index (κ1) is 12.9. The monoisotopic (exact) mass is 250 g/mol. The molecule has 94 valence electrons. The molecule has 1 fully saturated rings. The van der Waals surface area contributed by atoms with Gasteiger partial charge in [-0.15, -0.1) is 11.8 Å². The molecule has 0 aliphatic carbocycles. The Bertz CT molecular complexity index is 350. The molecular weight excluding hydrogens is 228 g/mol. The standard InChI is InChI=1S/C14H22N2S/c1-4-17-13-7-5-12(6-8-13)14-11-15(2)9-10-16(14)3/h5-8,14H,4,9-11H2,1-3H3. The van der Waals surface area contributed by atoms with Crippen molar-refractivity contribution in [3.8, 4) is 0 Å². The van der Waals surface area contributed by atoms with Crippen molar-refractivity contribution in [2.45, 2.75) is 17.9 Å². The molecule has 1 saturated heterocycles. The van der Waals surface area contributed by atoms with Crippen LogP contribution in [0.25, 0.3) is 0 Å². The Morgan fingerprint density at radius 1 is 1.18 bits per heavy atom. The van der Waals surface area contributed by atoms with Crippen LogP contribution in [0.3, 0.4) is 0 Å². The number of nitrogens with zero attached hydrogens (tertiary/aromatic N) is 2. The maximum atomic E-state index is 2.46. The fraction of sp³-hybridized carbons (Fsp3) is 0.571. The zero-order valence-corrected chi connectivity index (χ0v) is 11.8. The van der Waals surface area contributed by atoms with Crippen molar-refractivity contribution in [2.75, 3.05) is 39.5 Å². The van der Waals surface area contributed by atoms with Crippen LogP contribution in [0.15, 0.2) is 29.2 Å². The number of piperazine rings is 1. The van der Waals surface area contributed by atoms with Gasteiger partial charge in [0.1, 0.15) is 0 Å². The fourth-order valence-corrected chi connectivity index (χ4v) is 2.98. The van der Waals surface area contributed by atoms with Crippen LogP contribution in [0.1, 0.15) is 18.5 Å². The zero-order chi connectivity index (χ0) is 12.3. The summed E-state index contributed by atoms with van der Waals surface area (Å²) in [6, 6.07) is 9.64. The van der Waals surface area contributed by atoms with Gasteiger partial charge in [0.25, 0.3) is 0 Å². The van der Waals surface area contributed by atoms with Crippen LogP contribution in [0.4, 0.5) is 0 Å². The van der Waals surface area contributed by atoms with Crippen molar-refractivity contribution in [3.05, 3.63) is 29.8 Å². The van der Waals surface area contributed by atoms with E-state index < -0.39 is 0 Å². The van der Waals surface area contributed by atoms with Gasteiger partial charge in [-0.1, -0.05) is 19.1 Å². The molecule has 17 heavy (non-hydrogen) atoms. The lowest BCUT2D eigenvalue weighted by Crippen LogP contribution is -2.44. The fourth-order valence-electron chi connectivity index (χ4n) is 2.32.